The molecule has 1 N–H and O–H groups in total. The zero-order valence-corrected chi connectivity index (χ0v) is 13.1. The first-order valence-electron chi connectivity index (χ1n) is 6.69. The van der Waals surface area contributed by atoms with Crippen LogP contribution in [-0.4, -0.2) is 48.4 Å². The van der Waals surface area contributed by atoms with Crippen molar-refractivity contribution in [1.29, 1.82) is 0 Å². The number of aryl methyl sites for hydroxylation is 1. The monoisotopic (exact) mass is 281 g/mol. The van der Waals surface area contributed by atoms with Gasteiger partial charge in [0.25, 0.3) is 0 Å². The van der Waals surface area contributed by atoms with Crippen LogP contribution in [0.4, 0.5) is 0 Å². The molecule has 1 aromatic rings. The SMILES string of the molecule is Cc1ccc(C2NC(C)C(=O)N2C(C)CN(C)C)s1. The first kappa shape index (κ1) is 14.5. The van der Waals surface area contributed by atoms with Crippen LogP contribution in [0.25, 0.3) is 0 Å². The lowest BCUT2D eigenvalue weighted by atomic mass is 10.2. The van der Waals surface area contributed by atoms with Crippen LogP contribution in [0.1, 0.15) is 29.8 Å². The van der Waals surface area contributed by atoms with Crippen LogP contribution >= 0.6 is 11.3 Å². The maximum atomic E-state index is 12.4. The van der Waals surface area contributed by atoms with Gasteiger partial charge in [-0.15, -0.1) is 11.3 Å². The molecule has 0 radical (unpaired) electrons. The number of carbonyl (C=O) groups is 1. The van der Waals surface area contributed by atoms with E-state index in [1.165, 1.54) is 9.75 Å². The average Bonchev–Trinajstić information content (AvgIpc) is 2.84. The molecule has 4 nitrogen and oxygen atoms in total. The van der Waals surface area contributed by atoms with E-state index in [0.717, 1.165) is 6.54 Å². The zero-order chi connectivity index (χ0) is 14.2. The number of nitrogens with one attached hydrogen (secondary N) is 1. The Hall–Kier alpha value is -0.910. The number of carbonyl (C=O) groups excluding carboxylic acids is 1. The van der Waals surface area contributed by atoms with E-state index >= 15 is 0 Å². The topological polar surface area (TPSA) is 35.6 Å². The van der Waals surface area contributed by atoms with Gasteiger partial charge in [-0.3, -0.25) is 10.1 Å². The fourth-order valence-electron chi connectivity index (χ4n) is 2.65. The Morgan fingerprint density at radius 3 is 2.68 bits per heavy atom. The molecule has 1 aliphatic heterocycles. The molecule has 0 aromatic carbocycles. The number of likely N-dealkylation sites (N-methyl/N-ethyl adjacent to an activating group) is 1. The molecule has 1 amide bonds. The molecule has 2 rings (SSSR count). The third kappa shape index (κ3) is 2.99. The molecule has 0 aliphatic carbocycles. The minimum atomic E-state index is -0.1000. The van der Waals surface area contributed by atoms with Crippen molar-refractivity contribution in [1.82, 2.24) is 15.1 Å². The van der Waals surface area contributed by atoms with Gasteiger partial charge in [0.1, 0.15) is 6.17 Å². The predicted molar refractivity (Wildman–Crippen MR) is 79.3 cm³/mol. The Bertz CT molecular complexity index is 457. The highest BCUT2D eigenvalue weighted by atomic mass is 32.1. The van der Waals surface area contributed by atoms with Gasteiger partial charge in [0.15, 0.2) is 0 Å². The van der Waals surface area contributed by atoms with Crippen molar-refractivity contribution >= 4 is 17.2 Å². The Balaban J connectivity index is 2.23. The molecule has 19 heavy (non-hydrogen) atoms. The van der Waals surface area contributed by atoms with Gasteiger partial charge in [0.05, 0.1) is 6.04 Å². The summed E-state index contributed by atoms with van der Waals surface area (Å²) in [6, 6.07) is 4.34. The Morgan fingerprint density at radius 2 is 2.16 bits per heavy atom. The molecule has 1 saturated heterocycles. The summed E-state index contributed by atoms with van der Waals surface area (Å²) < 4.78 is 0. The maximum Gasteiger partial charge on any atom is 0.241 e. The van der Waals surface area contributed by atoms with Gasteiger partial charge in [-0.25, -0.2) is 0 Å². The second kappa shape index (κ2) is 5.61. The van der Waals surface area contributed by atoms with Crippen molar-refractivity contribution in [2.45, 2.75) is 39.0 Å². The van der Waals surface area contributed by atoms with E-state index < -0.39 is 0 Å². The summed E-state index contributed by atoms with van der Waals surface area (Å²) in [7, 11) is 4.08. The Kier molecular flexibility index (Phi) is 4.28. The number of amides is 1. The Labute approximate surface area is 119 Å². The quantitative estimate of drug-likeness (QED) is 0.914. The smallest absolute Gasteiger partial charge is 0.241 e. The van der Waals surface area contributed by atoms with Crippen molar-refractivity contribution in [2.75, 3.05) is 20.6 Å². The van der Waals surface area contributed by atoms with Gasteiger partial charge < -0.3 is 9.80 Å². The van der Waals surface area contributed by atoms with Gasteiger partial charge in [-0.05, 0) is 47.0 Å². The zero-order valence-electron chi connectivity index (χ0n) is 12.3. The molecular formula is C14H23N3OS. The first-order valence-corrected chi connectivity index (χ1v) is 7.51. The minimum absolute atomic E-state index is 0.0242. The molecular weight excluding hydrogens is 258 g/mol. The van der Waals surface area contributed by atoms with Gasteiger partial charge in [0, 0.05) is 22.3 Å². The van der Waals surface area contributed by atoms with Crippen molar-refractivity contribution < 1.29 is 4.79 Å². The van der Waals surface area contributed by atoms with E-state index in [9.17, 15) is 4.79 Å². The van der Waals surface area contributed by atoms with Crippen LogP contribution < -0.4 is 5.32 Å². The average molecular weight is 281 g/mol. The highest BCUT2D eigenvalue weighted by molar-refractivity contribution is 7.12. The van der Waals surface area contributed by atoms with Crippen LogP contribution in [-0.2, 0) is 4.79 Å². The third-order valence-corrected chi connectivity index (χ3v) is 4.50. The molecule has 1 aromatic heterocycles. The molecule has 106 valence electrons. The molecule has 2 heterocycles. The van der Waals surface area contributed by atoms with E-state index in [4.69, 9.17) is 0 Å². The Morgan fingerprint density at radius 1 is 1.47 bits per heavy atom. The van der Waals surface area contributed by atoms with Gasteiger partial charge in [-0.2, -0.15) is 0 Å². The fraction of sp³-hybridized carbons (Fsp3) is 0.643. The molecule has 3 unspecified atom stereocenters. The first-order chi connectivity index (χ1) is 8.90. The standard InChI is InChI=1S/C14H23N3OS/c1-9(8-16(4)5)17-13(15-11(3)14(17)18)12-7-6-10(2)19-12/h6-7,9,11,13,15H,8H2,1-5H3. The molecule has 0 spiro atoms. The second-order valence-electron chi connectivity index (χ2n) is 5.60. The van der Waals surface area contributed by atoms with Crippen LogP contribution in [0.3, 0.4) is 0 Å². The summed E-state index contributed by atoms with van der Waals surface area (Å²) in [6.45, 7) is 7.03. The molecule has 5 heteroatoms. The number of nitrogens with zero attached hydrogens (tertiary/aromatic N) is 2. The number of rotatable bonds is 4. The summed E-state index contributed by atoms with van der Waals surface area (Å²) >= 11 is 1.76. The minimum Gasteiger partial charge on any atom is -0.317 e. The lowest BCUT2D eigenvalue weighted by Crippen LogP contribution is -2.43. The van der Waals surface area contributed by atoms with Gasteiger partial charge in [-0.1, -0.05) is 0 Å². The predicted octanol–water partition coefficient (Wildman–Crippen LogP) is 1.83. The highest BCUT2D eigenvalue weighted by Gasteiger charge is 2.40. The summed E-state index contributed by atoms with van der Waals surface area (Å²) in [5, 5.41) is 3.41. The van der Waals surface area contributed by atoms with E-state index in [1.807, 2.05) is 25.9 Å². The van der Waals surface area contributed by atoms with Crippen LogP contribution in [0, 0.1) is 6.92 Å². The normalized spacial score (nSPS) is 25.4. The summed E-state index contributed by atoms with van der Waals surface area (Å²) in [4.78, 5) is 19.0. The molecule has 3 atom stereocenters. The summed E-state index contributed by atoms with van der Waals surface area (Å²) in [5.41, 5.74) is 0. The van der Waals surface area contributed by atoms with E-state index in [0.29, 0.717) is 0 Å². The van der Waals surface area contributed by atoms with Crippen LogP contribution in [0.15, 0.2) is 12.1 Å². The lowest BCUT2D eigenvalue weighted by molar-refractivity contribution is -0.132. The number of hydrogen-bond acceptors (Lipinski definition) is 4. The van der Waals surface area contributed by atoms with Crippen molar-refractivity contribution in [3.63, 3.8) is 0 Å². The van der Waals surface area contributed by atoms with Crippen LogP contribution in [0.5, 0.6) is 0 Å². The van der Waals surface area contributed by atoms with Crippen LogP contribution in [0.2, 0.25) is 0 Å². The number of thiophene rings is 1. The van der Waals surface area contributed by atoms with Crippen molar-refractivity contribution in [3.05, 3.63) is 21.9 Å². The molecule has 0 bridgehead atoms. The largest absolute Gasteiger partial charge is 0.317 e. The fourth-order valence-corrected chi connectivity index (χ4v) is 3.58. The van der Waals surface area contributed by atoms with Crippen molar-refractivity contribution in [2.24, 2.45) is 0 Å². The third-order valence-electron chi connectivity index (χ3n) is 3.45. The lowest BCUT2D eigenvalue weighted by Gasteiger charge is -2.31. The second-order valence-corrected chi connectivity index (χ2v) is 6.92. The summed E-state index contributed by atoms with van der Waals surface area (Å²) in [6.07, 6.45) is 0.0242. The van der Waals surface area contributed by atoms with E-state index in [-0.39, 0.29) is 24.2 Å². The summed E-state index contributed by atoms with van der Waals surface area (Å²) in [5.74, 6) is 0.199. The number of hydrogen-bond donors (Lipinski definition) is 1. The molecule has 1 aliphatic rings. The van der Waals surface area contributed by atoms with Gasteiger partial charge in [0.2, 0.25) is 5.91 Å². The van der Waals surface area contributed by atoms with Gasteiger partial charge >= 0.3 is 0 Å². The van der Waals surface area contributed by atoms with E-state index in [1.54, 1.807) is 11.3 Å². The van der Waals surface area contributed by atoms with E-state index in [2.05, 4.69) is 36.2 Å². The maximum absolute atomic E-state index is 12.4. The highest BCUT2D eigenvalue weighted by Crippen LogP contribution is 2.31. The molecule has 1 fully saturated rings. The molecule has 0 saturated carbocycles. The van der Waals surface area contributed by atoms with Crippen molar-refractivity contribution in [3.8, 4) is 0 Å².